The van der Waals surface area contributed by atoms with E-state index in [4.69, 9.17) is 4.74 Å². The normalized spacial score (nSPS) is 16.3. The average Bonchev–Trinajstić information content (AvgIpc) is 2.76. The van der Waals surface area contributed by atoms with E-state index in [1.54, 1.807) is 18.9 Å². The van der Waals surface area contributed by atoms with Gasteiger partial charge >= 0.3 is 0 Å². The van der Waals surface area contributed by atoms with Crippen LogP contribution in [0.1, 0.15) is 18.0 Å². The number of hydrogen-bond acceptors (Lipinski definition) is 5. The number of nitrogens with one attached hydrogen (secondary N) is 1. The highest BCUT2D eigenvalue weighted by atomic mass is 32.2. The van der Waals surface area contributed by atoms with E-state index in [9.17, 15) is 4.79 Å². The van der Waals surface area contributed by atoms with Crippen molar-refractivity contribution in [2.45, 2.75) is 17.4 Å². The molecule has 1 unspecified atom stereocenters. The van der Waals surface area contributed by atoms with E-state index in [2.05, 4.69) is 34.3 Å². The molecule has 1 saturated heterocycles. The van der Waals surface area contributed by atoms with Crippen molar-refractivity contribution in [2.75, 3.05) is 52.6 Å². The molecule has 1 amide bonds. The number of nitrogens with zero attached hydrogens (tertiary/aromatic N) is 2. The first kappa shape index (κ1) is 21.7. The summed E-state index contributed by atoms with van der Waals surface area (Å²) < 4.78 is 5.19. The molecule has 1 atom stereocenters. The number of likely N-dealkylation sites (N-methyl/N-ethyl adjacent to an activating group) is 1. The Bertz CT molecular complexity index is 746. The summed E-state index contributed by atoms with van der Waals surface area (Å²) in [4.78, 5) is 18.6. The molecule has 0 saturated carbocycles. The highest BCUT2D eigenvalue weighted by Gasteiger charge is 2.21. The highest BCUT2D eigenvalue weighted by Crippen LogP contribution is 2.22. The van der Waals surface area contributed by atoms with Crippen molar-refractivity contribution in [2.24, 2.45) is 0 Å². The first-order valence-corrected chi connectivity index (χ1v) is 11.1. The number of ether oxygens (including phenoxy) is 1. The molecule has 1 aliphatic rings. The molecular formula is C23H31N3O2S. The van der Waals surface area contributed by atoms with Gasteiger partial charge in [0.2, 0.25) is 5.91 Å². The highest BCUT2D eigenvalue weighted by molar-refractivity contribution is 7.99. The van der Waals surface area contributed by atoms with Crippen molar-refractivity contribution >= 4 is 17.7 Å². The van der Waals surface area contributed by atoms with Gasteiger partial charge in [0.25, 0.3) is 0 Å². The zero-order valence-electron chi connectivity index (χ0n) is 17.3. The van der Waals surface area contributed by atoms with Crippen LogP contribution < -0.4 is 10.1 Å². The van der Waals surface area contributed by atoms with Crippen LogP contribution in [0.25, 0.3) is 0 Å². The molecule has 5 nitrogen and oxygen atoms in total. The van der Waals surface area contributed by atoms with Gasteiger partial charge in [0.15, 0.2) is 0 Å². The van der Waals surface area contributed by atoms with Crippen molar-refractivity contribution in [3.8, 4) is 5.75 Å². The molecule has 2 aromatic carbocycles. The summed E-state index contributed by atoms with van der Waals surface area (Å²) in [6.07, 6.45) is 0.503. The molecule has 1 heterocycles. The lowest BCUT2D eigenvalue weighted by molar-refractivity contribution is -0.121. The maximum atomic E-state index is 12.6. The lowest BCUT2D eigenvalue weighted by atomic mass is 10.1. The second-order valence-electron chi connectivity index (χ2n) is 7.41. The second kappa shape index (κ2) is 11.2. The van der Waals surface area contributed by atoms with Crippen molar-refractivity contribution in [3.63, 3.8) is 0 Å². The van der Waals surface area contributed by atoms with Gasteiger partial charge in [0.05, 0.1) is 13.2 Å². The molecule has 1 N–H and O–H groups in total. The number of carbonyl (C=O) groups is 1. The lowest BCUT2D eigenvalue weighted by Gasteiger charge is -2.35. The van der Waals surface area contributed by atoms with E-state index >= 15 is 0 Å². The Balaban J connectivity index is 1.51. The summed E-state index contributed by atoms with van der Waals surface area (Å²) in [6, 6.07) is 18.3. The summed E-state index contributed by atoms with van der Waals surface area (Å²) in [6.45, 7) is 5.10. The van der Waals surface area contributed by atoms with E-state index < -0.39 is 0 Å². The molecule has 1 aliphatic heterocycles. The predicted molar refractivity (Wildman–Crippen MR) is 120 cm³/mol. The first-order chi connectivity index (χ1) is 14.1. The summed E-state index contributed by atoms with van der Waals surface area (Å²) >= 11 is 1.69. The van der Waals surface area contributed by atoms with Crippen LogP contribution in [-0.4, -0.2) is 68.3 Å². The van der Waals surface area contributed by atoms with Gasteiger partial charge in [-0.2, -0.15) is 0 Å². The third-order valence-electron chi connectivity index (χ3n) is 5.23. The largest absolute Gasteiger partial charge is 0.497 e. The van der Waals surface area contributed by atoms with Crippen LogP contribution in [0.4, 0.5) is 0 Å². The van der Waals surface area contributed by atoms with Gasteiger partial charge in [-0.1, -0.05) is 30.3 Å². The Morgan fingerprint density at radius 1 is 1.07 bits per heavy atom. The van der Waals surface area contributed by atoms with E-state index in [0.29, 0.717) is 6.42 Å². The van der Waals surface area contributed by atoms with Gasteiger partial charge in [-0.3, -0.25) is 9.69 Å². The lowest BCUT2D eigenvalue weighted by Crippen LogP contribution is -2.47. The Hall–Kier alpha value is -2.02. The number of rotatable bonds is 9. The van der Waals surface area contributed by atoms with Crippen LogP contribution in [0.15, 0.2) is 59.5 Å². The standard InChI is InChI=1S/C23H31N3O2S/c1-25-13-15-26(16-14-25)18-22(19-6-4-3-5-7-19)24-23(27)12-17-29-21-10-8-20(28-2)9-11-21/h3-11,22H,12-18H2,1-2H3,(H,24,27). The smallest absolute Gasteiger partial charge is 0.221 e. The molecule has 29 heavy (non-hydrogen) atoms. The number of amides is 1. The predicted octanol–water partition coefficient (Wildman–Crippen LogP) is 3.28. The van der Waals surface area contributed by atoms with Crippen LogP contribution in [-0.2, 0) is 4.79 Å². The molecule has 3 rings (SSSR count). The second-order valence-corrected chi connectivity index (χ2v) is 8.58. The molecule has 6 heteroatoms. The molecule has 0 aromatic heterocycles. The fourth-order valence-corrected chi connectivity index (χ4v) is 4.26. The maximum absolute atomic E-state index is 12.6. The minimum absolute atomic E-state index is 0.0260. The van der Waals surface area contributed by atoms with Crippen LogP contribution >= 0.6 is 11.8 Å². The third kappa shape index (κ3) is 7.07. The monoisotopic (exact) mass is 413 g/mol. The molecule has 1 fully saturated rings. The summed E-state index contributed by atoms with van der Waals surface area (Å²) in [5, 5.41) is 3.27. The molecule has 0 spiro atoms. The number of thioether (sulfide) groups is 1. The van der Waals surface area contributed by atoms with Gasteiger partial charge in [-0.25, -0.2) is 0 Å². The Kier molecular flexibility index (Phi) is 8.40. The number of methoxy groups -OCH3 is 1. The van der Waals surface area contributed by atoms with E-state index in [0.717, 1.165) is 49.1 Å². The Morgan fingerprint density at radius 3 is 2.41 bits per heavy atom. The van der Waals surface area contributed by atoms with Gasteiger partial charge in [0, 0.05) is 49.8 Å². The maximum Gasteiger partial charge on any atom is 0.221 e. The van der Waals surface area contributed by atoms with Crippen LogP contribution in [0.5, 0.6) is 5.75 Å². The summed E-state index contributed by atoms with van der Waals surface area (Å²) in [7, 11) is 3.83. The zero-order chi connectivity index (χ0) is 20.5. The minimum Gasteiger partial charge on any atom is -0.497 e. The van der Waals surface area contributed by atoms with Crippen molar-refractivity contribution in [1.82, 2.24) is 15.1 Å². The first-order valence-electron chi connectivity index (χ1n) is 10.2. The van der Waals surface area contributed by atoms with Crippen LogP contribution in [0.2, 0.25) is 0 Å². The number of carbonyl (C=O) groups excluding carboxylic acids is 1. The molecule has 0 aliphatic carbocycles. The van der Waals surface area contributed by atoms with Gasteiger partial charge in [-0.15, -0.1) is 11.8 Å². The number of benzene rings is 2. The molecule has 156 valence electrons. The molecular weight excluding hydrogens is 382 g/mol. The topological polar surface area (TPSA) is 44.8 Å². The Labute approximate surface area is 178 Å². The zero-order valence-corrected chi connectivity index (χ0v) is 18.2. The minimum atomic E-state index is 0.0260. The van der Waals surface area contributed by atoms with Gasteiger partial charge in [0.1, 0.15) is 5.75 Å². The number of piperazine rings is 1. The quantitative estimate of drug-likeness (QED) is 0.639. The Morgan fingerprint density at radius 2 is 1.76 bits per heavy atom. The molecule has 0 radical (unpaired) electrons. The van der Waals surface area contributed by atoms with Crippen molar-refractivity contribution < 1.29 is 9.53 Å². The average molecular weight is 414 g/mol. The van der Waals surface area contributed by atoms with Gasteiger partial charge in [-0.05, 0) is 36.9 Å². The van der Waals surface area contributed by atoms with Crippen LogP contribution in [0.3, 0.4) is 0 Å². The summed E-state index contributed by atoms with van der Waals surface area (Å²) in [5.74, 6) is 1.71. The third-order valence-corrected chi connectivity index (χ3v) is 6.24. The molecule has 2 aromatic rings. The summed E-state index contributed by atoms with van der Waals surface area (Å²) in [5.41, 5.74) is 1.17. The van der Waals surface area contributed by atoms with E-state index in [-0.39, 0.29) is 11.9 Å². The molecule has 0 bridgehead atoms. The van der Waals surface area contributed by atoms with Crippen molar-refractivity contribution in [1.29, 1.82) is 0 Å². The van der Waals surface area contributed by atoms with Gasteiger partial charge < -0.3 is 15.0 Å². The fraction of sp³-hybridized carbons (Fsp3) is 0.435. The van der Waals surface area contributed by atoms with E-state index in [1.165, 1.54) is 5.56 Å². The van der Waals surface area contributed by atoms with E-state index in [1.807, 2.05) is 42.5 Å². The number of hydrogen-bond donors (Lipinski definition) is 1. The van der Waals surface area contributed by atoms with Crippen molar-refractivity contribution in [3.05, 3.63) is 60.2 Å². The van der Waals surface area contributed by atoms with Crippen LogP contribution in [0, 0.1) is 0 Å². The SMILES string of the molecule is COc1ccc(SCCC(=O)NC(CN2CCN(C)CC2)c2ccccc2)cc1. The fourth-order valence-electron chi connectivity index (χ4n) is 3.41.